The Kier molecular flexibility index (Phi) is 9.44. The van der Waals surface area contributed by atoms with Gasteiger partial charge in [0.15, 0.2) is 11.4 Å². The van der Waals surface area contributed by atoms with Crippen LogP contribution < -0.4 is 0 Å². The second-order valence-corrected chi connectivity index (χ2v) is 12.4. The number of aliphatic hydroxyl groups excluding tert-OH is 1. The number of aliphatic hydroxyl groups is 2. The number of hydrogen-bond acceptors (Lipinski definition) is 12. The lowest BCUT2D eigenvalue weighted by Crippen LogP contribution is -2.73. The number of carbonyl (C=O) groups is 5. The zero-order valence-electron chi connectivity index (χ0n) is 26.5. The predicted octanol–water partition coefficient (Wildman–Crippen LogP) is 2.74. The standard InChI is InChI=1S/C33H40O12/c1-17-23(37)15-33(40)29(44-30(39)22-11-9-8-10-12-22)26(18(2)28(43-20(4)35)27(38)25(17)31(33,6)7)32(45-21(5)36)16-42-24(32)13-14-41-19(3)34/h8-12,23-24,26,29,37,40H,13-16H2,1-7H3/b28-18+/t23-,24+,26+,29-,32-,33+/m0/s1. The van der Waals surface area contributed by atoms with Gasteiger partial charge in [-0.2, -0.15) is 0 Å². The molecule has 0 spiro atoms. The fourth-order valence-corrected chi connectivity index (χ4v) is 6.99. The second-order valence-electron chi connectivity index (χ2n) is 12.4. The van der Waals surface area contributed by atoms with Gasteiger partial charge < -0.3 is 33.9 Å². The molecule has 1 fully saturated rings. The average molecular weight is 629 g/mol. The summed E-state index contributed by atoms with van der Waals surface area (Å²) in [6.45, 7) is 9.31. The van der Waals surface area contributed by atoms with Crippen molar-refractivity contribution in [3.63, 3.8) is 0 Å². The van der Waals surface area contributed by atoms with Crippen molar-refractivity contribution in [2.24, 2.45) is 11.3 Å². The highest BCUT2D eigenvalue weighted by atomic mass is 16.6. The smallest absolute Gasteiger partial charge is 0.338 e. The van der Waals surface area contributed by atoms with E-state index < -0.39 is 76.3 Å². The fraction of sp³-hybridized carbons (Fsp3) is 0.545. The Balaban J connectivity index is 2.06. The molecule has 0 aromatic heterocycles. The van der Waals surface area contributed by atoms with Crippen LogP contribution in [-0.4, -0.2) is 82.6 Å². The second kappa shape index (κ2) is 12.5. The minimum absolute atomic E-state index is 0.00337. The van der Waals surface area contributed by atoms with E-state index in [1.807, 2.05) is 0 Å². The monoisotopic (exact) mass is 628 g/mol. The summed E-state index contributed by atoms with van der Waals surface area (Å²) in [5.74, 6) is -5.46. The molecule has 1 aromatic rings. The van der Waals surface area contributed by atoms with E-state index in [4.69, 9.17) is 23.7 Å². The summed E-state index contributed by atoms with van der Waals surface area (Å²) in [5, 5.41) is 24.1. The number of benzene rings is 1. The zero-order chi connectivity index (χ0) is 33.5. The van der Waals surface area contributed by atoms with Gasteiger partial charge in [0.1, 0.15) is 17.8 Å². The first-order chi connectivity index (χ1) is 21.0. The SMILES string of the molecule is CC(=O)OCC[C@H]1OC[C@@]1(OC(C)=O)[C@@H]1/C(C)=C(/OC(C)=O)C(=O)C2=C(C)[C@@H](O)C[C@@](O)([C@H]1OC(=O)c1ccccc1)C2(C)C. The van der Waals surface area contributed by atoms with Crippen LogP contribution in [0.1, 0.15) is 71.7 Å². The number of fused-ring (bicyclic) bond motifs is 2. The van der Waals surface area contributed by atoms with Crippen molar-refractivity contribution in [3.8, 4) is 0 Å². The van der Waals surface area contributed by atoms with Gasteiger partial charge in [-0.1, -0.05) is 32.0 Å². The third-order valence-electron chi connectivity index (χ3n) is 9.23. The van der Waals surface area contributed by atoms with E-state index in [-0.39, 0.29) is 48.3 Å². The van der Waals surface area contributed by atoms with E-state index in [9.17, 15) is 34.2 Å². The zero-order valence-corrected chi connectivity index (χ0v) is 26.5. The van der Waals surface area contributed by atoms with Gasteiger partial charge >= 0.3 is 23.9 Å². The van der Waals surface area contributed by atoms with Crippen molar-refractivity contribution in [3.05, 3.63) is 58.4 Å². The molecule has 0 saturated carbocycles. The maximum atomic E-state index is 14.3. The van der Waals surface area contributed by atoms with Gasteiger partial charge in [0.25, 0.3) is 0 Å². The highest BCUT2D eigenvalue weighted by Gasteiger charge is 2.69. The van der Waals surface area contributed by atoms with Gasteiger partial charge in [0.05, 0.1) is 30.8 Å². The summed E-state index contributed by atoms with van der Waals surface area (Å²) < 4.78 is 28.7. The molecule has 6 atom stereocenters. The number of carbonyl (C=O) groups excluding carboxylic acids is 5. The average Bonchev–Trinajstić information content (AvgIpc) is 2.94. The molecular formula is C33H40O12. The van der Waals surface area contributed by atoms with Crippen LogP contribution in [0.4, 0.5) is 0 Å². The highest BCUT2D eigenvalue weighted by Crippen LogP contribution is 2.58. The summed E-state index contributed by atoms with van der Waals surface area (Å²) in [6.07, 6.45) is -4.24. The molecule has 45 heavy (non-hydrogen) atoms. The molecule has 12 nitrogen and oxygen atoms in total. The molecule has 1 saturated heterocycles. The van der Waals surface area contributed by atoms with Crippen molar-refractivity contribution >= 4 is 29.7 Å². The molecule has 0 radical (unpaired) electrons. The van der Waals surface area contributed by atoms with Gasteiger partial charge in [-0.05, 0) is 37.1 Å². The van der Waals surface area contributed by atoms with Crippen LogP contribution in [0, 0.1) is 11.3 Å². The summed E-state index contributed by atoms with van der Waals surface area (Å²) in [4.78, 5) is 64.7. The Bertz CT molecular complexity index is 1460. The van der Waals surface area contributed by atoms with Crippen molar-refractivity contribution < 1.29 is 57.9 Å². The van der Waals surface area contributed by atoms with Gasteiger partial charge in [0, 0.05) is 44.6 Å². The third kappa shape index (κ3) is 5.94. The van der Waals surface area contributed by atoms with Crippen LogP contribution >= 0.6 is 0 Å². The molecule has 2 N–H and O–H groups in total. The van der Waals surface area contributed by atoms with E-state index in [0.29, 0.717) is 0 Å². The molecule has 3 aliphatic rings. The number of ketones is 1. The van der Waals surface area contributed by atoms with E-state index in [1.54, 1.807) is 39.0 Å². The van der Waals surface area contributed by atoms with Crippen molar-refractivity contribution in [1.82, 2.24) is 0 Å². The number of Topliss-reactive ketones (excluding diaryl/α,β-unsaturated/α-hetero) is 1. The molecule has 244 valence electrons. The lowest BCUT2D eigenvalue weighted by molar-refractivity contribution is -0.295. The Morgan fingerprint density at radius 1 is 0.978 bits per heavy atom. The van der Waals surface area contributed by atoms with Gasteiger partial charge in [0.2, 0.25) is 5.78 Å². The molecule has 1 heterocycles. The number of ether oxygens (including phenoxy) is 5. The number of esters is 4. The molecule has 0 unspecified atom stereocenters. The summed E-state index contributed by atoms with van der Waals surface area (Å²) in [6, 6.07) is 8.02. The predicted molar refractivity (Wildman–Crippen MR) is 156 cm³/mol. The first-order valence-electron chi connectivity index (χ1n) is 14.7. The lowest BCUT2D eigenvalue weighted by atomic mass is 9.53. The highest BCUT2D eigenvalue weighted by molar-refractivity contribution is 6.10. The van der Waals surface area contributed by atoms with Crippen LogP contribution in [0.2, 0.25) is 0 Å². The van der Waals surface area contributed by atoms with Crippen LogP contribution in [0.15, 0.2) is 52.8 Å². The Labute approximate surface area is 261 Å². The first kappa shape index (κ1) is 34.0. The molecule has 2 aliphatic carbocycles. The van der Waals surface area contributed by atoms with Crippen LogP contribution in [0.3, 0.4) is 0 Å². The summed E-state index contributed by atoms with van der Waals surface area (Å²) in [7, 11) is 0. The lowest BCUT2D eigenvalue weighted by Gasteiger charge is -2.60. The summed E-state index contributed by atoms with van der Waals surface area (Å²) in [5.41, 5.74) is -4.88. The van der Waals surface area contributed by atoms with Gasteiger partial charge in [-0.15, -0.1) is 0 Å². The van der Waals surface area contributed by atoms with E-state index >= 15 is 0 Å². The third-order valence-corrected chi connectivity index (χ3v) is 9.23. The van der Waals surface area contributed by atoms with Crippen molar-refractivity contribution in [2.75, 3.05) is 13.2 Å². The molecule has 0 amide bonds. The molecule has 1 aliphatic heterocycles. The number of rotatable bonds is 8. The van der Waals surface area contributed by atoms with Gasteiger partial charge in [-0.25, -0.2) is 4.79 Å². The van der Waals surface area contributed by atoms with E-state index in [1.165, 1.54) is 32.9 Å². The summed E-state index contributed by atoms with van der Waals surface area (Å²) >= 11 is 0. The topological polar surface area (TPSA) is 172 Å². The molecule has 12 heteroatoms. The molecule has 2 bridgehead atoms. The van der Waals surface area contributed by atoms with Crippen LogP contribution in [-0.2, 0) is 42.9 Å². The van der Waals surface area contributed by atoms with Crippen LogP contribution in [0.25, 0.3) is 0 Å². The number of hydrogen-bond donors (Lipinski definition) is 2. The molecular weight excluding hydrogens is 588 g/mol. The van der Waals surface area contributed by atoms with Crippen molar-refractivity contribution in [1.29, 1.82) is 0 Å². The maximum Gasteiger partial charge on any atom is 0.338 e. The first-order valence-corrected chi connectivity index (χ1v) is 14.7. The normalized spacial score (nSPS) is 32.4. The molecule has 1 aromatic carbocycles. The maximum absolute atomic E-state index is 14.3. The minimum Gasteiger partial charge on any atom is -0.466 e. The Morgan fingerprint density at radius 3 is 2.16 bits per heavy atom. The van der Waals surface area contributed by atoms with Crippen molar-refractivity contribution in [2.45, 2.75) is 90.8 Å². The molecule has 4 rings (SSSR count). The van der Waals surface area contributed by atoms with Gasteiger partial charge in [-0.3, -0.25) is 19.2 Å². The largest absolute Gasteiger partial charge is 0.466 e. The quantitative estimate of drug-likeness (QED) is 0.319. The van der Waals surface area contributed by atoms with E-state index in [2.05, 4.69) is 0 Å². The Morgan fingerprint density at radius 2 is 1.62 bits per heavy atom. The minimum atomic E-state index is -2.14. The Hall–Kier alpha value is -3.87. The van der Waals surface area contributed by atoms with Crippen LogP contribution in [0.5, 0.6) is 0 Å². The van der Waals surface area contributed by atoms with E-state index in [0.717, 1.165) is 6.92 Å². The fourth-order valence-electron chi connectivity index (χ4n) is 6.99. The number of allylic oxidation sites excluding steroid dienone is 1.